The maximum Gasteiger partial charge on any atom is 0.251 e. The molecule has 3 aromatic rings. The smallest absolute Gasteiger partial charge is 0.251 e. The second-order valence-corrected chi connectivity index (χ2v) is 8.31. The fraction of sp³-hybridized carbons (Fsp3) is 0.333. The number of hydrogen-bond donors (Lipinski definition) is 3. The molecule has 1 aliphatic heterocycles. The van der Waals surface area contributed by atoms with E-state index in [0.717, 1.165) is 44.2 Å². The van der Waals surface area contributed by atoms with E-state index in [1.165, 1.54) is 22.1 Å². The lowest BCUT2D eigenvalue weighted by atomic mass is 9.70. The van der Waals surface area contributed by atoms with Crippen LogP contribution >= 0.6 is 0 Å². The van der Waals surface area contributed by atoms with Gasteiger partial charge in [0.05, 0.1) is 5.41 Å². The number of amides is 2. The van der Waals surface area contributed by atoms with Gasteiger partial charge in [0, 0.05) is 35.8 Å². The monoisotopic (exact) mass is 387 g/mol. The van der Waals surface area contributed by atoms with E-state index in [9.17, 15) is 9.59 Å². The summed E-state index contributed by atoms with van der Waals surface area (Å²) in [5.74, 6) is 0.161. The van der Waals surface area contributed by atoms with Gasteiger partial charge >= 0.3 is 0 Å². The normalized spacial score (nSPS) is 20.6. The number of nitrogens with one attached hydrogen (secondary N) is 3. The maximum absolute atomic E-state index is 12.6. The first kappa shape index (κ1) is 18.0. The van der Waals surface area contributed by atoms with Crippen molar-refractivity contribution in [1.29, 1.82) is 0 Å². The highest BCUT2D eigenvalue weighted by Crippen LogP contribution is 2.41. The quantitative estimate of drug-likeness (QED) is 0.643. The zero-order valence-electron chi connectivity index (χ0n) is 16.4. The predicted molar refractivity (Wildman–Crippen MR) is 113 cm³/mol. The van der Waals surface area contributed by atoms with Gasteiger partial charge in [-0.25, -0.2) is 0 Å². The average molecular weight is 387 g/mol. The molecule has 1 spiro atoms. The number of H-pyrrole nitrogens is 1. The van der Waals surface area contributed by atoms with E-state index in [1.54, 1.807) is 0 Å². The number of aromatic amines is 1. The van der Waals surface area contributed by atoms with Gasteiger partial charge in [-0.1, -0.05) is 24.3 Å². The zero-order valence-corrected chi connectivity index (χ0v) is 16.4. The molecule has 5 rings (SSSR count). The van der Waals surface area contributed by atoms with E-state index in [-0.39, 0.29) is 17.2 Å². The minimum absolute atomic E-state index is 0.0356. The Hall–Kier alpha value is -3.08. The highest BCUT2D eigenvalue weighted by Gasteiger charge is 2.44. The molecule has 5 nitrogen and oxygen atoms in total. The number of rotatable bonds is 4. The first-order chi connectivity index (χ1) is 14.1. The van der Waals surface area contributed by atoms with Crippen molar-refractivity contribution >= 4 is 22.7 Å². The highest BCUT2D eigenvalue weighted by molar-refractivity contribution is 5.94. The Bertz CT molecular complexity index is 1100. The lowest BCUT2D eigenvalue weighted by Gasteiger charge is -2.32. The molecule has 29 heavy (non-hydrogen) atoms. The molecule has 1 fully saturated rings. The topological polar surface area (TPSA) is 74.0 Å². The second-order valence-electron chi connectivity index (χ2n) is 8.31. The Balaban J connectivity index is 1.24. The van der Waals surface area contributed by atoms with E-state index in [1.807, 2.05) is 36.5 Å². The van der Waals surface area contributed by atoms with Crippen molar-refractivity contribution in [3.05, 3.63) is 70.9 Å². The second kappa shape index (κ2) is 7.07. The van der Waals surface area contributed by atoms with Gasteiger partial charge in [-0.3, -0.25) is 9.59 Å². The molecule has 1 aliphatic carbocycles. The standard InChI is InChI=1S/C24H25N3O2/c28-22(25-11-8-19-15-27-21-4-2-1-3-20(19)21)17-5-6-18-14-24(9-7-16(18)13-17)10-12-26-23(24)29/h1-6,13,15,27H,7-12,14H2,(H,25,28)(H,26,29). The number of para-hydroxylation sites is 1. The Kier molecular flexibility index (Phi) is 4.38. The lowest BCUT2D eigenvalue weighted by molar-refractivity contribution is -0.128. The van der Waals surface area contributed by atoms with Crippen LogP contribution in [0.25, 0.3) is 10.9 Å². The van der Waals surface area contributed by atoms with Crippen molar-refractivity contribution in [1.82, 2.24) is 15.6 Å². The van der Waals surface area contributed by atoms with Gasteiger partial charge in [0.1, 0.15) is 0 Å². The predicted octanol–water partition coefficient (Wildman–Crippen LogP) is 3.14. The highest BCUT2D eigenvalue weighted by atomic mass is 16.2. The summed E-state index contributed by atoms with van der Waals surface area (Å²) in [5, 5.41) is 7.24. The van der Waals surface area contributed by atoms with Gasteiger partial charge in [0.15, 0.2) is 0 Å². The molecule has 0 bridgehead atoms. The number of carbonyl (C=O) groups excluding carboxylic acids is 2. The molecule has 1 atom stereocenters. The molecule has 2 amide bonds. The molecule has 2 aliphatic rings. The third kappa shape index (κ3) is 3.20. The van der Waals surface area contributed by atoms with Crippen molar-refractivity contribution in [2.45, 2.75) is 32.1 Å². The van der Waals surface area contributed by atoms with Crippen molar-refractivity contribution in [2.75, 3.05) is 13.1 Å². The number of benzene rings is 2. The van der Waals surface area contributed by atoms with Crippen LogP contribution in [0.1, 0.15) is 39.9 Å². The van der Waals surface area contributed by atoms with E-state index in [2.05, 4.69) is 27.8 Å². The average Bonchev–Trinajstić information content (AvgIpc) is 3.31. The van der Waals surface area contributed by atoms with Crippen molar-refractivity contribution in [2.24, 2.45) is 5.41 Å². The number of aromatic nitrogens is 1. The fourth-order valence-corrected chi connectivity index (χ4v) is 4.87. The first-order valence-electron chi connectivity index (χ1n) is 10.4. The van der Waals surface area contributed by atoms with Crippen LogP contribution in [-0.4, -0.2) is 29.9 Å². The third-order valence-electron chi connectivity index (χ3n) is 6.60. The summed E-state index contributed by atoms with van der Waals surface area (Å²) >= 11 is 0. The van der Waals surface area contributed by atoms with E-state index in [0.29, 0.717) is 12.1 Å². The summed E-state index contributed by atoms with van der Waals surface area (Å²) in [5.41, 5.74) is 5.23. The Labute approximate surface area is 169 Å². The van der Waals surface area contributed by atoms with Crippen LogP contribution in [0.4, 0.5) is 0 Å². The molecule has 1 unspecified atom stereocenters. The van der Waals surface area contributed by atoms with E-state index in [4.69, 9.17) is 0 Å². The molecule has 0 saturated carbocycles. The van der Waals surface area contributed by atoms with Gasteiger partial charge in [-0.2, -0.15) is 0 Å². The van der Waals surface area contributed by atoms with Gasteiger partial charge in [-0.15, -0.1) is 0 Å². The Morgan fingerprint density at radius 1 is 1.10 bits per heavy atom. The van der Waals surface area contributed by atoms with Crippen LogP contribution in [-0.2, 0) is 24.1 Å². The van der Waals surface area contributed by atoms with Gasteiger partial charge in [0.2, 0.25) is 5.91 Å². The maximum atomic E-state index is 12.6. The van der Waals surface area contributed by atoms with E-state index >= 15 is 0 Å². The summed E-state index contributed by atoms with van der Waals surface area (Å²) in [6.45, 7) is 1.38. The zero-order chi connectivity index (χ0) is 19.8. The van der Waals surface area contributed by atoms with Crippen LogP contribution in [0.5, 0.6) is 0 Å². The summed E-state index contributed by atoms with van der Waals surface area (Å²) < 4.78 is 0. The summed E-state index contributed by atoms with van der Waals surface area (Å²) in [7, 11) is 0. The Morgan fingerprint density at radius 3 is 2.86 bits per heavy atom. The molecule has 2 aromatic carbocycles. The summed E-state index contributed by atoms with van der Waals surface area (Å²) in [6, 6.07) is 14.2. The van der Waals surface area contributed by atoms with Crippen LogP contribution in [0, 0.1) is 5.41 Å². The fourth-order valence-electron chi connectivity index (χ4n) is 4.87. The lowest BCUT2D eigenvalue weighted by Crippen LogP contribution is -2.36. The molecule has 0 radical (unpaired) electrons. The van der Waals surface area contributed by atoms with Crippen LogP contribution in [0.3, 0.4) is 0 Å². The number of aryl methyl sites for hydroxylation is 1. The number of carbonyl (C=O) groups is 2. The molecule has 3 N–H and O–H groups in total. The molecule has 2 heterocycles. The molecule has 1 aromatic heterocycles. The SMILES string of the molecule is O=C(NCCc1c[nH]c2ccccc12)c1ccc2c(c1)CCC1(CCNC1=O)C2. The van der Waals surface area contributed by atoms with Crippen molar-refractivity contribution < 1.29 is 9.59 Å². The molecule has 5 heteroatoms. The van der Waals surface area contributed by atoms with Gasteiger partial charge < -0.3 is 15.6 Å². The van der Waals surface area contributed by atoms with Crippen LogP contribution in [0.2, 0.25) is 0 Å². The first-order valence-corrected chi connectivity index (χ1v) is 10.4. The van der Waals surface area contributed by atoms with Crippen molar-refractivity contribution in [3.63, 3.8) is 0 Å². The van der Waals surface area contributed by atoms with Crippen LogP contribution < -0.4 is 10.6 Å². The summed E-state index contributed by atoms with van der Waals surface area (Å²) in [4.78, 5) is 28.2. The minimum Gasteiger partial charge on any atom is -0.361 e. The minimum atomic E-state index is -0.226. The molecular weight excluding hydrogens is 362 g/mol. The van der Waals surface area contributed by atoms with Crippen molar-refractivity contribution in [3.8, 4) is 0 Å². The van der Waals surface area contributed by atoms with E-state index < -0.39 is 0 Å². The summed E-state index contributed by atoms with van der Waals surface area (Å²) in [6.07, 6.45) is 6.25. The van der Waals surface area contributed by atoms with Crippen LogP contribution in [0.15, 0.2) is 48.7 Å². The number of hydrogen-bond acceptors (Lipinski definition) is 2. The van der Waals surface area contributed by atoms with Gasteiger partial charge in [-0.05, 0) is 67.0 Å². The molecule has 1 saturated heterocycles. The number of fused-ring (bicyclic) bond motifs is 2. The molecule has 148 valence electrons. The van der Waals surface area contributed by atoms with Gasteiger partial charge in [0.25, 0.3) is 5.91 Å². The Morgan fingerprint density at radius 2 is 2.00 bits per heavy atom. The molecular formula is C24H25N3O2. The largest absolute Gasteiger partial charge is 0.361 e. The third-order valence-corrected chi connectivity index (χ3v) is 6.60.